The summed E-state index contributed by atoms with van der Waals surface area (Å²) in [5.41, 5.74) is 1.27. The zero-order valence-corrected chi connectivity index (χ0v) is 13.9. The van der Waals surface area contributed by atoms with E-state index in [1.807, 2.05) is 0 Å². The van der Waals surface area contributed by atoms with Gasteiger partial charge in [-0.15, -0.1) is 0 Å². The number of hydrogen-bond acceptors (Lipinski definition) is 5. The average molecular weight is 345 g/mol. The number of nitrogens with one attached hydrogen (secondary N) is 3. The molecule has 0 saturated heterocycles. The second kappa shape index (κ2) is 7.96. The van der Waals surface area contributed by atoms with Crippen molar-refractivity contribution in [2.45, 2.75) is 36.9 Å². The van der Waals surface area contributed by atoms with Gasteiger partial charge in [0.25, 0.3) is 5.91 Å². The van der Waals surface area contributed by atoms with Gasteiger partial charge in [-0.05, 0) is 37.1 Å². The van der Waals surface area contributed by atoms with E-state index in [2.05, 4.69) is 25.8 Å². The fourth-order valence-electron chi connectivity index (χ4n) is 2.64. The van der Waals surface area contributed by atoms with Crippen LogP contribution in [0.5, 0.6) is 0 Å². The quantitative estimate of drug-likeness (QED) is 0.697. The number of benzene rings is 1. The summed E-state index contributed by atoms with van der Waals surface area (Å²) in [4.78, 5) is 28.0. The number of nitrogens with zero attached hydrogens (tertiary/aromatic N) is 2. The first-order valence-corrected chi connectivity index (χ1v) is 8.88. The number of thioether (sulfide) groups is 1. The zero-order chi connectivity index (χ0) is 16.8. The van der Waals surface area contributed by atoms with Crippen LogP contribution in [0.4, 0.5) is 5.69 Å². The molecule has 1 aliphatic carbocycles. The van der Waals surface area contributed by atoms with Gasteiger partial charge in [-0.2, -0.15) is 5.10 Å². The number of hydrogen-bond donors (Lipinski definition) is 3. The van der Waals surface area contributed by atoms with Gasteiger partial charge in [-0.3, -0.25) is 14.7 Å². The molecule has 0 spiro atoms. The highest BCUT2D eigenvalue weighted by Gasteiger charge is 2.17. The maximum Gasteiger partial charge on any atom is 0.251 e. The summed E-state index contributed by atoms with van der Waals surface area (Å²) in [6.45, 7) is 0. The Morgan fingerprint density at radius 2 is 1.96 bits per heavy atom. The molecule has 1 aliphatic rings. The van der Waals surface area contributed by atoms with E-state index < -0.39 is 0 Å². The molecule has 126 valence electrons. The highest BCUT2D eigenvalue weighted by molar-refractivity contribution is 7.99. The van der Waals surface area contributed by atoms with Gasteiger partial charge in [0, 0.05) is 17.3 Å². The van der Waals surface area contributed by atoms with Gasteiger partial charge in [0.15, 0.2) is 5.16 Å². The van der Waals surface area contributed by atoms with E-state index in [9.17, 15) is 9.59 Å². The minimum atomic E-state index is -0.139. The Hall–Kier alpha value is -2.35. The number of carbonyl (C=O) groups is 2. The first kappa shape index (κ1) is 16.5. The van der Waals surface area contributed by atoms with E-state index in [1.54, 1.807) is 24.3 Å². The third kappa shape index (κ3) is 4.58. The van der Waals surface area contributed by atoms with Crippen LogP contribution in [-0.2, 0) is 4.79 Å². The lowest BCUT2D eigenvalue weighted by Crippen LogP contribution is -2.32. The van der Waals surface area contributed by atoms with E-state index in [1.165, 1.54) is 30.9 Å². The monoisotopic (exact) mass is 345 g/mol. The van der Waals surface area contributed by atoms with Crippen molar-refractivity contribution < 1.29 is 9.59 Å². The second-order valence-corrected chi connectivity index (χ2v) is 6.62. The maximum atomic E-state index is 12.1. The predicted molar refractivity (Wildman–Crippen MR) is 91.9 cm³/mol. The Balaban J connectivity index is 1.48. The third-order valence-corrected chi connectivity index (χ3v) is 4.73. The largest absolute Gasteiger partial charge is 0.349 e. The van der Waals surface area contributed by atoms with Crippen LogP contribution >= 0.6 is 11.8 Å². The Kier molecular flexibility index (Phi) is 5.47. The second-order valence-electron chi connectivity index (χ2n) is 5.66. The van der Waals surface area contributed by atoms with Crippen molar-refractivity contribution in [3.8, 4) is 0 Å². The minimum Gasteiger partial charge on any atom is -0.349 e. The fraction of sp³-hybridized carbons (Fsp3) is 0.375. The zero-order valence-electron chi connectivity index (χ0n) is 13.1. The van der Waals surface area contributed by atoms with Crippen LogP contribution in [0.15, 0.2) is 35.7 Å². The van der Waals surface area contributed by atoms with E-state index in [0.29, 0.717) is 22.4 Å². The Bertz CT molecular complexity index is 681. The number of rotatable bonds is 6. The van der Waals surface area contributed by atoms with Gasteiger partial charge in [-0.1, -0.05) is 24.6 Å². The molecule has 3 rings (SSSR count). The van der Waals surface area contributed by atoms with Crippen molar-refractivity contribution in [1.29, 1.82) is 0 Å². The standard InChI is InChI=1S/C16H19N5O2S/c22-14(9-24-16-17-10-18-21-16)19-13-7-5-11(6-8-13)15(23)20-12-3-1-2-4-12/h5-8,10,12H,1-4,9H2,(H,19,22)(H,20,23)(H,17,18,21). The summed E-state index contributed by atoms with van der Waals surface area (Å²) in [7, 11) is 0. The highest BCUT2D eigenvalue weighted by Crippen LogP contribution is 2.18. The molecule has 0 aliphatic heterocycles. The van der Waals surface area contributed by atoms with E-state index in [4.69, 9.17) is 0 Å². The molecule has 0 bridgehead atoms. The number of amides is 2. The normalized spacial score (nSPS) is 14.5. The van der Waals surface area contributed by atoms with E-state index >= 15 is 0 Å². The third-order valence-electron chi connectivity index (χ3n) is 3.85. The number of aromatic nitrogens is 3. The molecule has 2 aromatic rings. The predicted octanol–water partition coefficient (Wildman–Crippen LogP) is 2.21. The maximum absolute atomic E-state index is 12.1. The van der Waals surface area contributed by atoms with Crippen molar-refractivity contribution in [3.05, 3.63) is 36.2 Å². The smallest absolute Gasteiger partial charge is 0.251 e. The molecule has 8 heteroatoms. The average Bonchev–Trinajstić information content (AvgIpc) is 3.27. The summed E-state index contributed by atoms with van der Waals surface area (Å²) in [5, 5.41) is 12.8. The Morgan fingerprint density at radius 1 is 1.21 bits per heavy atom. The van der Waals surface area contributed by atoms with Crippen LogP contribution in [0.25, 0.3) is 0 Å². The lowest BCUT2D eigenvalue weighted by Gasteiger charge is -2.12. The molecule has 1 aromatic heterocycles. The summed E-state index contributed by atoms with van der Waals surface area (Å²) < 4.78 is 0. The number of H-pyrrole nitrogens is 1. The lowest BCUT2D eigenvalue weighted by molar-refractivity contribution is -0.113. The summed E-state index contributed by atoms with van der Waals surface area (Å²) >= 11 is 1.27. The summed E-state index contributed by atoms with van der Waals surface area (Å²) in [5.74, 6) is 0.0410. The Labute approximate surface area is 144 Å². The highest BCUT2D eigenvalue weighted by atomic mass is 32.2. The van der Waals surface area contributed by atoms with Crippen LogP contribution < -0.4 is 10.6 Å². The van der Waals surface area contributed by atoms with Gasteiger partial charge in [0.05, 0.1) is 5.75 Å². The molecule has 1 aromatic carbocycles. The lowest BCUT2D eigenvalue weighted by atomic mass is 10.1. The minimum absolute atomic E-state index is 0.0550. The number of aromatic amines is 1. The summed E-state index contributed by atoms with van der Waals surface area (Å²) in [6.07, 6.45) is 5.88. The van der Waals surface area contributed by atoms with Gasteiger partial charge >= 0.3 is 0 Å². The van der Waals surface area contributed by atoms with Crippen LogP contribution in [-0.4, -0.2) is 38.8 Å². The van der Waals surface area contributed by atoms with Crippen molar-refractivity contribution in [2.75, 3.05) is 11.1 Å². The van der Waals surface area contributed by atoms with Crippen molar-refractivity contribution in [3.63, 3.8) is 0 Å². The van der Waals surface area contributed by atoms with Crippen molar-refractivity contribution in [2.24, 2.45) is 0 Å². The van der Waals surface area contributed by atoms with Gasteiger partial charge in [0.2, 0.25) is 5.91 Å². The van der Waals surface area contributed by atoms with Gasteiger partial charge in [-0.25, -0.2) is 4.98 Å². The number of anilines is 1. The van der Waals surface area contributed by atoms with Crippen molar-refractivity contribution >= 4 is 29.3 Å². The van der Waals surface area contributed by atoms with Crippen LogP contribution in [0.2, 0.25) is 0 Å². The van der Waals surface area contributed by atoms with Gasteiger partial charge in [0.1, 0.15) is 6.33 Å². The van der Waals surface area contributed by atoms with Crippen LogP contribution in [0.1, 0.15) is 36.0 Å². The van der Waals surface area contributed by atoms with Gasteiger partial charge < -0.3 is 10.6 Å². The van der Waals surface area contributed by atoms with E-state index in [-0.39, 0.29) is 17.6 Å². The molecule has 1 heterocycles. The molecule has 2 amide bonds. The molecule has 3 N–H and O–H groups in total. The molecule has 0 unspecified atom stereocenters. The molecule has 24 heavy (non-hydrogen) atoms. The first-order chi connectivity index (χ1) is 11.7. The topological polar surface area (TPSA) is 99.8 Å². The summed E-state index contributed by atoms with van der Waals surface area (Å²) in [6, 6.07) is 7.22. The first-order valence-electron chi connectivity index (χ1n) is 7.89. The van der Waals surface area contributed by atoms with E-state index in [0.717, 1.165) is 12.8 Å². The van der Waals surface area contributed by atoms with Crippen LogP contribution in [0, 0.1) is 0 Å². The molecule has 7 nitrogen and oxygen atoms in total. The SMILES string of the molecule is O=C(CSc1ncn[nH]1)Nc1ccc(C(=O)NC2CCCC2)cc1. The molecular weight excluding hydrogens is 326 g/mol. The molecular formula is C16H19N5O2S. The van der Waals surface area contributed by atoms with Crippen LogP contribution in [0.3, 0.4) is 0 Å². The molecule has 1 fully saturated rings. The molecule has 1 saturated carbocycles. The molecule has 0 atom stereocenters. The fourth-order valence-corrected chi connectivity index (χ4v) is 3.22. The number of carbonyl (C=O) groups excluding carboxylic acids is 2. The Morgan fingerprint density at radius 3 is 2.62 bits per heavy atom. The van der Waals surface area contributed by atoms with Crippen molar-refractivity contribution in [1.82, 2.24) is 20.5 Å². The molecule has 0 radical (unpaired) electrons.